The number of benzene rings is 4. The summed E-state index contributed by atoms with van der Waals surface area (Å²) in [5, 5.41) is 12.7. The average molecular weight is 675 g/mol. The third kappa shape index (κ3) is 5.04. The highest BCUT2D eigenvalue weighted by molar-refractivity contribution is 6.31. The van der Waals surface area contributed by atoms with Crippen LogP contribution in [0, 0.1) is 11.7 Å². The van der Waals surface area contributed by atoms with Crippen LogP contribution in [0.3, 0.4) is 0 Å². The summed E-state index contributed by atoms with van der Waals surface area (Å²) in [6, 6.07) is 23.3. The molecule has 0 radical (unpaired) electrons. The van der Waals surface area contributed by atoms with E-state index in [4.69, 9.17) is 27.9 Å². The van der Waals surface area contributed by atoms with Gasteiger partial charge in [0.2, 0.25) is 11.8 Å². The van der Waals surface area contributed by atoms with Gasteiger partial charge in [-0.15, -0.1) is 0 Å². The van der Waals surface area contributed by atoms with Gasteiger partial charge in [-0.05, 0) is 65.6 Å². The first-order valence-corrected chi connectivity index (χ1v) is 15.9. The number of methoxy groups -OCH3 is 1. The van der Waals surface area contributed by atoms with Crippen molar-refractivity contribution in [2.24, 2.45) is 5.92 Å². The van der Waals surface area contributed by atoms with Gasteiger partial charge in [-0.3, -0.25) is 14.5 Å². The second-order valence-corrected chi connectivity index (χ2v) is 13.0. The first kappa shape index (κ1) is 31.2. The number of fused-ring (bicyclic) bond motifs is 3. The topological polar surface area (TPSA) is 99.2 Å². The zero-order valence-corrected chi connectivity index (χ0v) is 26.8. The van der Waals surface area contributed by atoms with Crippen molar-refractivity contribution in [3.63, 3.8) is 0 Å². The van der Waals surface area contributed by atoms with Crippen molar-refractivity contribution in [1.29, 1.82) is 0 Å². The Morgan fingerprint density at radius 1 is 1.00 bits per heavy atom. The molecule has 47 heavy (non-hydrogen) atoms. The third-order valence-electron chi connectivity index (χ3n) is 9.73. The number of anilines is 1. The molecular weight excluding hydrogens is 644 g/mol. The lowest BCUT2D eigenvalue weighted by atomic mass is 9.70. The number of halogens is 3. The molecule has 1 spiro atoms. The number of hydrogen-bond acceptors (Lipinski definition) is 5. The molecule has 3 heterocycles. The number of rotatable bonds is 7. The summed E-state index contributed by atoms with van der Waals surface area (Å²) >= 11 is 12.8. The Kier molecular flexibility index (Phi) is 7.94. The highest BCUT2D eigenvalue weighted by Crippen LogP contribution is 2.62. The molecule has 8 nitrogen and oxygen atoms in total. The maximum atomic E-state index is 16.2. The van der Waals surface area contributed by atoms with E-state index in [2.05, 4.69) is 10.2 Å². The number of likely N-dealkylation sites (tertiary alicyclic amines) is 2. The number of amides is 2. The van der Waals surface area contributed by atoms with Crippen molar-refractivity contribution in [3.8, 4) is 5.75 Å². The SMILES string of the molecule is COc1cccc(CN2[C@H]3CCN(Cc4ccc(C(=O)O)cc4)C(=O)[C@H]3[C@H](c3cccc(Cl)c3F)[C@]23C(=O)Nc2cc(Cl)ccc23)c1. The van der Waals surface area contributed by atoms with Crippen molar-refractivity contribution >= 4 is 46.7 Å². The molecule has 0 saturated carbocycles. The van der Waals surface area contributed by atoms with Gasteiger partial charge in [0.05, 0.1) is 23.6 Å². The largest absolute Gasteiger partial charge is 0.497 e. The molecule has 2 N–H and O–H groups in total. The maximum Gasteiger partial charge on any atom is 0.335 e. The highest BCUT2D eigenvalue weighted by atomic mass is 35.5. The summed E-state index contributed by atoms with van der Waals surface area (Å²) in [4.78, 5) is 44.6. The standard InChI is InChI=1S/C36H30Cl2FN3O5/c1-47-24-5-2-4-21(16-24)19-42-29-14-15-41(18-20-8-10-22(11-9-20)34(44)45)33(43)30(29)31(25-6-3-7-27(38)32(25)39)36(42)26-13-12-23(37)17-28(26)40-35(36)46/h2-13,16-17,29-31H,14-15,18-19H2,1H3,(H,40,46)(H,44,45)/t29-,30+,31-,36+/m0/s1. The van der Waals surface area contributed by atoms with E-state index in [0.717, 1.165) is 11.1 Å². The molecule has 11 heteroatoms. The van der Waals surface area contributed by atoms with Gasteiger partial charge in [-0.2, -0.15) is 0 Å². The zero-order valence-electron chi connectivity index (χ0n) is 25.3. The fourth-order valence-electron chi connectivity index (χ4n) is 7.77. The number of aromatic carboxylic acids is 1. The van der Waals surface area contributed by atoms with Gasteiger partial charge in [0.25, 0.3) is 0 Å². The molecule has 0 aromatic heterocycles. The Morgan fingerprint density at radius 2 is 1.77 bits per heavy atom. The molecule has 2 fully saturated rings. The fraction of sp³-hybridized carbons (Fsp3) is 0.250. The Balaban J connectivity index is 1.40. The van der Waals surface area contributed by atoms with Crippen LogP contribution in [0.15, 0.2) is 84.9 Å². The van der Waals surface area contributed by atoms with Crippen LogP contribution in [0.2, 0.25) is 10.0 Å². The van der Waals surface area contributed by atoms with Crippen LogP contribution >= 0.6 is 23.2 Å². The van der Waals surface area contributed by atoms with Crippen molar-refractivity contribution in [2.75, 3.05) is 19.0 Å². The minimum Gasteiger partial charge on any atom is -0.497 e. The molecule has 2 amide bonds. The molecule has 7 rings (SSSR count). The smallest absolute Gasteiger partial charge is 0.335 e. The van der Waals surface area contributed by atoms with Gasteiger partial charge in [-0.1, -0.05) is 65.7 Å². The summed E-state index contributed by atoms with van der Waals surface area (Å²) in [5.41, 5.74) is 1.57. The van der Waals surface area contributed by atoms with Crippen LogP contribution in [0.5, 0.6) is 5.75 Å². The minimum atomic E-state index is -1.49. The lowest BCUT2D eigenvalue weighted by Gasteiger charge is -2.40. The molecule has 4 aromatic carbocycles. The number of carboxylic acids is 1. The van der Waals surface area contributed by atoms with Crippen molar-refractivity contribution in [1.82, 2.24) is 9.80 Å². The normalized spacial score (nSPS) is 23.5. The van der Waals surface area contributed by atoms with Gasteiger partial charge in [0, 0.05) is 47.9 Å². The van der Waals surface area contributed by atoms with E-state index in [0.29, 0.717) is 35.0 Å². The predicted molar refractivity (Wildman–Crippen MR) is 175 cm³/mol. The number of hydrogen-bond donors (Lipinski definition) is 2. The van der Waals surface area contributed by atoms with Gasteiger partial charge < -0.3 is 20.1 Å². The van der Waals surface area contributed by atoms with Crippen LogP contribution in [0.1, 0.15) is 45.0 Å². The lowest BCUT2D eigenvalue weighted by Crippen LogP contribution is -2.52. The molecule has 4 atom stereocenters. The predicted octanol–water partition coefficient (Wildman–Crippen LogP) is 6.70. The quantitative estimate of drug-likeness (QED) is 0.226. The summed E-state index contributed by atoms with van der Waals surface area (Å²) < 4.78 is 21.7. The fourth-order valence-corrected chi connectivity index (χ4v) is 8.13. The van der Waals surface area contributed by atoms with Crippen LogP contribution in [-0.2, 0) is 28.2 Å². The molecule has 3 aliphatic rings. The second-order valence-electron chi connectivity index (χ2n) is 12.2. The molecule has 4 aromatic rings. The third-order valence-corrected chi connectivity index (χ3v) is 10.3. The van der Waals surface area contributed by atoms with Gasteiger partial charge in [0.1, 0.15) is 17.1 Å². The molecule has 2 saturated heterocycles. The number of nitrogens with one attached hydrogen (secondary N) is 1. The lowest BCUT2D eigenvalue weighted by molar-refractivity contribution is -0.141. The maximum absolute atomic E-state index is 16.2. The van der Waals surface area contributed by atoms with E-state index in [1.165, 1.54) is 18.2 Å². The Hall–Kier alpha value is -4.44. The monoisotopic (exact) mass is 673 g/mol. The Labute approximate surface area is 280 Å². The van der Waals surface area contributed by atoms with E-state index in [1.54, 1.807) is 54.5 Å². The molecule has 0 aliphatic carbocycles. The van der Waals surface area contributed by atoms with Gasteiger partial charge >= 0.3 is 5.97 Å². The minimum absolute atomic E-state index is 0.103. The summed E-state index contributed by atoms with van der Waals surface area (Å²) in [5.74, 6) is -3.45. The summed E-state index contributed by atoms with van der Waals surface area (Å²) in [6.07, 6.45) is 0.504. The molecule has 0 unspecified atom stereocenters. The van der Waals surface area contributed by atoms with Gasteiger partial charge in [-0.25, -0.2) is 9.18 Å². The number of carboxylic acid groups (broad SMARTS) is 1. The summed E-state index contributed by atoms with van der Waals surface area (Å²) in [6.45, 7) is 0.885. The van der Waals surface area contributed by atoms with Crippen molar-refractivity contribution < 1.29 is 28.6 Å². The summed E-state index contributed by atoms with van der Waals surface area (Å²) in [7, 11) is 1.58. The number of carbonyl (C=O) groups excluding carboxylic acids is 2. The molecular formula is C36H30Cl2FN3O5. The van der Waals surface area contributed by atoms with E-state index >= 15 is 4.39 Å². The van der Waals surface area contributed by atoms with E-state index in [9.17, 15) is 19.5 Å². The second kappa shape index (κ2) is 12.0. The molecule has 0 bridgehead atoms. The van der Waals surface area contributed by atoms with Crippen LogP contribution in [-0.4, -0.2) is 52.4 Å². The van der Waals surface area contributed by atoms with Crippen LogP contribution < -0.4 is 10.1 Å². The number of carbonyl (C=O) groups is 3. The Bertz CT molecular complexity index is 1920. The van der Waals surface area contributed by atoms with Crippen LogP contribution in [0.25, 0.3) is 0 Å². The average Bonchev–Trinajstić information content (AvgIpc) is 3.51. The van der Waals surface area contributed by atoms with E-state index in [-0.39, 0.29) is 41.1 Å². The highest BCUT2D eigenvalue weighted by Gasteiger charge is 2.69. The first-order valence-electron chi connectivity index (χ1n) is 15.2. The van der Waals surface area contributed by atoms with Crippen molar-refractivity contribution in [3.05, 3.63) is 129 Å². The van der Waals surface area contributed by atoms with Crippen molar-refractivity contribution in [2.45, 2.75) is 37.0 Å². The first-order chi connectivity index (χ1) is 22.6. The van der Waals surface area contributed by atoms with E-state index < -0.39 is 35.2 Å². The number of piperidine rings is 1. The Morgan fingerprint density at radius 3 is 2.51 bits per heavy atom. The van der Waals surface area contributed by atoms with Gasteiger partial charge in [0.15, 0.2) is 0 Å². The zero-order chi connectivity index (χ0) is 33.0. The number of ether oxygens (including phenoxy) is 1. The molecule has 240 valence electrons. The number of nitrogens with zero attached hydrogens (tertiary/aromatic N) is 2. The van der Waals surface area contributed by atoms with Crippen LogP contribution in [0.4, 0.5) is 10.1 Å². The molecule has 3 aliphatic heterocycles. The van der Waals surface area contributed by atoms with E-state index in [1.807, 2.05) is 24.3 Å².